The molecular weight excluding hydrogens is 486 g/mol. The molecule has 5 nitrogen and oxygen atoms in total. The second-order valence-corrected chi connectivity index (χ2v) is 16.2. The van der Waals surface area contributed by atoms with Crippen LogP contribution in [-0.2, 0) is 19.1 Å². The molecule has 5 heteroatoms. The number of carbonyl (C=O) groups excluding carboxylic acids is 3. The highest BCUT2D eigenvalue weighted by Gasteiger charge is 2.67. The molecule has 9 atom stereocenters. The lowest BCUT2D eigenvalue weighted by molar-refractivity contribution is -0.200. The molecule has 0 saturated heterocycles. The van der Waals surface area contributed by atoms with Crippen LogP contribution < -0.4 is 5.32 Å². The third-order valence-corrected chi connectivity index (χ3v) is 13.0. The summed E-state index contributed by atoms with van der Waals surface area (Å²) in [4.78, 5) is 39.6. The summed E-state index contributed by atoms with van der Waals surface area (Å²) in [5.74, 6) is 1.32. The van der Waals surface area contributed by atoms with E-state index in [1.54, 1.807) is 0 Å². The van der Waals surface area contributed by atoms with Gasteiger partial charge in [0.05, 0.1) is 0 Å². The molecule has 4 saturated carbocycles. The number of fused-ring (bicyclic) bond motifs is 7. The van der Waals surface area contributed by atoms with E-state index in [4.69, 9.17) is 4.74 Å². The number of allylic oxidation sites excluding steroid dienone is 2. The van der Waals surface area contributed by atoms with Crippen molar-refractivity contribution in [1.82, 2.24) is 5.32 Å². The Morgan fingerprint density at radius 3 is 2.23 bits per heavy atom. The van der Waals surface area contributed by atoms with Crippen molar-refractivity contribution in [1.29, 1.82) is 0 Å². The van der Waals surface area contributed by atoms with Crippen LogP contribution in [0.4, 0.5) is 0 Å². The Labute approximate surface area is 239 Å². The molecule has 0 radical (unpaired) electrons. The standard InChI is InChI=1S/C34H53NO4.2H2/c1-20(2)35-29(38)32(7)17-16-31(6)13-10-23-22(24(31)19-32)18-25(37)28-33(23,8)14-11-26-30(4,5)27(39-21(3)36)12-15-34(26,28)9;;/h18,20,23-24,26-28H,10-17,19H2,1-9H3,(H,35,38);2*1H/t23?,24-,26-,27-,28?,31-,32-,33-,34-;;/m0../s1. The fourth-order valence-corrected chi connectivity index (χ4v) is 10.9. The molecule has 222 valence electrons. The van der Waals surface area contributed by atoms with Crippen LogP contribution in [0.1, 0.15) is 123 Å². The maximum atomic E-state index is 14.4. The van der Waals surface area contributed by atoms with E-state index >= 15 is 0 Å². The number of nitrogens with one attached hydrogen (secondary N) is 1. The van der Waals surface area contributed by atoms with Crippen LogP contribution in [0.25, 0.3) is 0 Å². The Balaban J connectivity index is 0.00000231. The van der Waals surface area contributed by atoms with Crippen molar-refractivity contribution in [3.8, 4) is 0 Å². The van der Waals surface area contributed by atoms with Gasteiger partial charge in [-0.3, -0.25) is 14.4 Å². The summed E-state index contributed by atoms with van der Waals surface area (Å²) in [7, 11) is 0. The summed E-state index contributed by atoms with van der Waals surface area (Å²) >= 11 is 0. The highest BCUT2D eigenvalue weighted by Crippen LogP contribution is 2.71. The molecule has 5 aliphatic rings. The molecule has 0 aliphatic heterocycles. The second-order valence-electron chi connectivity index (χ2n) is 16.2. The third-order valence-electron chi connectivity index (χ3n) is 13.0. The molecule has 5 aliphatic carbocycles. The lowest BCUT2D eigenvalue weighted by atomic mass is 9.37. The summed E-state index contributed by atoms with van der Waals surface area (Å²) in [6, 6.07) is 0.132. The Bertz CT molecular complexity index is 1100. The zero-order chi connectivity index (χ0) is 28.8. The molecule has 0 aromatic heterocycles. The molecule has 1 N–H and O–H groups in total. The molecule has 0 aromatic carbocycles. The highest BCUT2D eigenvalue weighted by molar-refractivity contribution is 5.95. The van der Waals surface area contributed by atoms with Crippen LogP contribution in [0.2, 0.25) is 0 Å². The van der Waals surface area contributed by atoms with E-state index in [0.29, 0.717) is 17.6 Å². The normalized spacial score (nSPS) is 46.7. The van der Waals surface area contributed by atoms with Gasteiger partial charge in [-0.25, -0.2) is 0 Å². The number of amides is 1. The van der Waals surface area contributed by atoms with Gasteiger partial charge in [-0.1, -0.05) is 47.1 Å². The van der Waals surface area contributed by atoms with Crippen LogP contribution in [0, 0.1) is 50.7 Å². The fourth-order valence-electron chi connectivity index (χ4n) is 10.9. The van der Waals surface area contributed by atoms with Gasteiger partial charge in [-0.05, 0) is 112 Å². The van der Waals surface area contributed by atoms with Gasteiger partial charge in [0.1, 0.15) is 6.10 Å². The van der Waals surface area contributed by atoms with Crippen LogP contribution >= 0.6 is 0 Å². The van der Waals surface area contributed by atoms with E-state index in [-0.39, 0.29) is 65.8 Å². The number of carbonyl (C=O) groups is 3. The lowest BCUT2D eigenvalue weighted by Crippen LogP contribution is -2.64. The number of rotatable bonds is 3. The number of esters is 1. The smallest absolute Gasteiger partial charge is 0.302 e. The zero-order valence-corrected chi connectivity index (χ0v) is 26.0. The first kappa shape index (κ1) is 28.9. The minimum Gasteiger partial charge on any atom is -0.462 e. The van der Waals surface area contributed by atoms with Crippen LogP contribution in [0.5, 0.6) is 0 Å². The van der Waals surface area contributed by atoms with Gasteiger partial charge in [0.25, 0.3) is 0 Å². The predicted molar refractivity (Wildman–Crippen MR) is 158 cm³/mol. The van der Waals surface area contributed by atoms with E-state index in [2.05, 4.69) is 52.9 Å². The molecule has 2 unspecified atom stereocenters. The van der Waals surface area contributed by atoms with Gasteiger partial charge in [-0.15, -0.1) is 0 Å². The van der Waals surface area contributed by atoms with Crippen LogP contribution in [-0.4, -0.2) is 29.8 Å². The van der Waals surface area contributed by atoms with E-state index in [1.165, 1.54) is 18.9 Å². The molecule has 5 rings (SSSR count). The first-order valence-electron chi connectivity index (χ1n) is 15.7. The summed E-state index contributed by atoms with van der Waals surface area (Å²) < 4.78 is 5.84. The first-order valence-corrected chi connectivity index (χ1v) is 15.7. The van der Waals surface area contributed by atoms with Crippen molar-refractivity contribution in [3.63, 3.8) is 0 Å². The van der Waals surface area contributed by atoms with E-state index < -0.39 is 0 Å². The Morgan fingerprint density at radius 1 is 0.923 bits per heavy atom. The molecule has 0 aromatic rings. The van der Waals surface area contributed by atoms with Crippen LogP contribution in [0.15, 0.2) is 11.6 Å². The molecule has 0 heterocycles. The van der Waals surface area contributed by atoms with Gasteiger partial charge in [-0.2, -0.15) is 0 Å². The zero-order valence-electron chi connectivity index (χ0n) is 26.0. The average molecular weight is 544 g/mol. The molecule has 39 heavy (non-hydrogen) atoms. The SMILES string of the molecule is CC(=O)O[C@H]1CC[C@]2(C)C3C(=O)C=C4C(CC[C@@]5(C)CC[C@](C)(C(=O)NC(C)C)C[C@@H]45)[C@]3(C)CC[C@H]2C1(C)C.[HH].[HH]. The monoisotopic (exact) mass is 543 g/mol. The molecule has 4 fully saturated rings. The quantitative estimate of drug-likeness (QED) is 0.374. The maximum Gasteiger partial charge on any atom is 0.302 e. The lowest BCUT2D eigenvalue weighted by Gasteiger charge is -2.67. The topological polar surface area (TPSA) is 72.5 Å². The molecule has 0 spiro atoms. The van der Waals surface area contributed by atoms with Gasteiger partial charge >= 0.3 is 5.97 Å². The van der Waals surface area contributed by atoms with Crippen molar-refractivity contribution in [2.75, 3.05) is 0 Å². The Hall–Kier alpha value is -1.65. The second kappa shape index (κ2) is 9.18. The average Bonchev–Trinajstić information content (AvgIpc) is 2.80. The van der Waals surface area contributed by atoms with Crippen molar-refractivity contribution < 1.29 is 22.0 Å². The van der Waals surface area contributed by atoms with Crippen molar-refractivity contribution in [2.45, 2.75) is 132 Å². The first-order chi connectivity index (χ1) is 18.0. The minimum absolute atomic E-state index is 0. The number of ether oxygens (including phenoxy) is 1. The van der Waals surface area contributed by atoms with Crippen LogP contribution in [0.3, 0.4) is 0 Å². The minimum atomic E-state index is -0.388. The van der Waals surface area contributed by atoms with E-state index in [9.17, 15) is 14.4 Å². The summed E-state index contributed by atoms with van der Waals surface area (Å²) in [5.41, 5.74) is 0.808. The van der Waals surface area contributed by atoms with Crippen molar-refractivity contribution in [2.24, 2.45) is 50.7 Å². The van der Waals surface area contributed by atoms with Crippen molar-refractivity contribution >= 4 is 17.7 Å². The number of hydrogen-bond acceptors (Lipinski definition) is 4. The maximum absolute atomic E-state index is 14.4. The largest absolute Gasteiger partial charge is 0.462 e. The highest BCUT2D eigenvalue weighted by atomic mass is 16.5. The van der Waals surface area contributed by atoms with Gasteiger partial charge in [0.15, 0.2) is 5.78 Å². The fraction of sp³-hybridized carbons (Fsp3) is 0.853. The molecule has 0 bridgehead atoms. The summed E-state index contributed by atoms with van der Waals surface area (Å²) in [6.07, 6.45) is 11.0. The Morgan fingerprint density at radius 2 is 1.59 bits per heavy atom. The molecular formula is C34H57NO4. The van der Waals surface area contributed by atoms with E-state index in [1.807, 2.05) is 13.8 Å². The third kappa shape index (κ3) is 4.26. The predicted octanol–water partition coefficient (Wildman–Crippen LogP) is 7.53. The summed E-state index contributed by atoms with van der Waals surface area (Å²) in [6.45, 7) is 19.5. The van der Waals surface area contributed by atoms with Gasteiger partial charge in [0.2, 0.25) is 5.91 Å². The van der Waals surface area contributed by atoms with Gasteiger partial charge in [0, 0.05) is 32.6 Å². The summed E-state index contributed by atoms with van der Waals surface area (Å²) in [5, 5.41) is 3.20. The number of ketones is 1. The Kier molecular flexibility index (Phi) is 6.79. The molecule has 1 amide bonds. The van der Waals surface area contributed by atoms with Gasteiger partial charge < -0.3 is 10.1 Å². The van der Waals surface area contributed by atoms with E-state index in [0.717, 1.165) is 51.4 Å². The number of hydrogen-bond donors (Lipinski definition) is 1. The van der Waals surface area contributed by atoms with Crippen molar-refractivity contribution in [3.05, 3.63) is 11.6 Å².